The molecule has 7 heteroatoms. The van der Waals surface area contributed by atoms with Gasteiger partial charge in [0.25, 0.3) is 11.7 Å². The van der Waals surface area contributed by atoms with Gasteiger partial charge in [-0.05, 0) is 26.3 Å². The van der Waals surface area contributed by atoms with Crippen molar-refractivity contribution in [2.75, 3.05) is 6.54 Å². The summed E-state index contributed by atoms with van der Waals surface area (Å²) in [6.45, 7) is 2.68. The highest BCUT2D eigenvalue weighted by Crippen LogP contribution is 2.20. The van der Waals surface area contributed by atoms with Crippen LogP contribution in [0.1, 0.15) is 48.7 Å². The molecule has 2 heterocycles. The number of aromatic nitrogens is 2. The van der Waals surface area contributed by atoms with E-state index in [0.717, 1.165) is 19.4 Å². The van der Waals surface area contributed by atoms with Crippen LogP contribution in [0.4, 0.5) is 0 Å². The van der Waals surface area contributed by atoms with Gasteiger partial charge < -0.3 is 15.2 Å². The van der Waals surface area contributed by atoms with Crippen LogP contribution in [0.2, 0.25) is 0 Å². The summed E-state index contributed by atoms with van der Waals surface area (Å²) in [6, 6.07) is 1.81. The lowest BCUT2D eigenvalue weighted by atomic mass is 10.2. The maximum absolute atomic E-state index is 11.7. The van der Waals surface area contributed by atoms with Crippen LogP contribution < -0.4 is 10.6 Å². The predicted molar refractivity (Wildman–Crippen MR) is 61.4 cm³/mol. The molecule has 0 radical (unpaired) electrons. The monoisotopic (exact) mass is 249 g/mol. The van der Waals surface area contributed by atoms with Crippen LogP contribution in [-0.4, -0.2) is 28.6 Å². The number of carbonyl (C=O) groups is 1. The molecule has 18 heavy (non-hydrogen) atoms. The van der Waals surface area contributed by atoms with Crippen molar-refractivity contribution in [1.29, 1.82) is 5.26 Å². The molecule has 1 saturated heterocycles. The molecule has 0 aliphatic carbocycles. The molecule has 1 fully saturated rings. The Bertz CT molecular complexity index is 458. The summed E-state index contributed by atoms with van der Waals surface area (Å²) in [4.78, 5) is 15.8. The van der Waals surface area contributed by atoms with Crippen LogP contribution in [0.5, 0.6) is 0 Å². The third-order valence-electron chi connectivity index (χ3n) is 2.78. The van der Waals surface area contributed by atoms with Gasteiger partial charge in [-0.1, -0.05) is 5.16 Å². The SMILES string of the molecule is CC(CC#N)NC(=O)c1noc(C2CCCN2)n1. The van der Waals surface area contributed by atoms with E-state index in [9.17, 15) is 4.79 Å². The maximum Gasteiger partial charge on any atom is 0.292 e. The van der Waals surface area contributed by atoms with E-state index in [2.05, 4.69) is 20.8 Å². The van der Waals surface area contributed by atoms with E-state index in [-0.39, 0.29) is 24.3 Å². The normalized spacial score (nSPS) is 20.3. The van der Waals surface area contributed by atoms with Gasteiger partial charge in [-0.25, -0.2) is 0 Å². The van der Waals surface area contributed by atoms with E-state index in [1.165, 1.54) is 0 Å². The van der Waals surface area contributed by atoms with E-state index in [4.69, 9.17) is 9.78 Å². The standard InChI is InChI=1S/C11H15N5O2/c1-7(4-5-12)14-10(17)9-15-11(18-16-9)8-3-2-6-13-8/h7-8,13H,2-4,6H2,1H3,(H,14,17). The fraction of sp³-hybridized carbons (Fsp3) is 0.636. The topological polar surface area (TPSA) is 104 Å². The van der Waals surface area contributed by atoms with Crippen molar-refractivity contribution in [1.82, 2.24) is 20.8 Å². The van der Waals surface area contributed by atoms with Gasteiger partial charge in [-0.15, -0.1) is 0 Å². The lowest BCUT2D eigenvalue weighted by Crippen LogP contribution is -2.33. The highest BCUT2D eigenvalue weighted by atomic mass is 16.5. The van der Waals surface area contributed by atoms with Gasteiger partial charge >= 0.3 is 0 Å². The van der Waals surface area contributed by atoms with Crippen molar-refractivity contribution < 1.29 is 9.32 Å². The third kappa shape index (κ3) is 2.84. The minimum Gasteiger partial charge on any atom is -0.346 e. The molecule has 1 aromatic heterocycles. The number of carbonyl (C=O) groups excluding carboxylic acids is 1. The second kappa shape index (κ2) is 5.60. The highest BCUT2D eigenvalue weighted by Gasteiger charge is 2.24. The first-order chi connectivity index (χ1) is 8.70. The number of amides is 1. The largest absolute Gasteiger partial charge is 0.346 e. The van der Waals surface area contributed by atoms with Crippen molar-refractivity contribution in [3.05, 3.63) is 11.7 Å². The average molecular weight is 249 g/mol. The molecule has 2 rings (SSSR count). The van der Waals surface area contributed by atoms with Crippen LogP contribution in [0.25, 0.3) is 0 Å². The Labute approximate surface area is 105 Å². The number of rotatable bonds is 4. The molecule has 0 aromatic carbocycles. The number of hydrogen-bond donors (Lipinski definition) is 2. The lowest BCUT2D eigenvalue weighted by Gasteiger charge is -2.07. The summed E-state index contributed by atoms with van der Waals surface area (Å²) in [5.74, 6) is 0.0554. The van der Waals surface area contributed by atoms with Gasteiger partial charge in [0.1, 0.15) is 0 Å². The fourth-order valence-corrected chi connectivity index (χ4v) is 1.84. The molecule has 1 aromatic rings. The quantitative estimate of drug-likeness (QED) is 0.806. The van der Waals surface area contributed by atoms with Crippen molar-refractivity contribution >= 4 is 5.91 Å². The van der Waals surface area contributed by atoms with E-state index in [1.54, 1.807) is 6.92 Å². The number of nitrogens with one attached hydrogen (secondary N) is 2. The summed E-state index contributed by atoms with van der Waals surface area (Å²) in [5, 5.41) is 18.0. The second-order valence-electron chi connectivity index (χ2n) is 4.34. The molecule has 0 bridgehead atoms. The van der Waals surface area contributed by atoms with Crippen LogP contribution >= 0.6 is 0 Å². The second-order valence-corrected chi connectivity index (χ2v) is 4.34. The molecule has 2 atom stereocenters. The Hall–Kier alpha value is -1.94. The Morgan fingerprint density at radius 3 is 3.28 bits per heavy atom. The number of nitriles is 1. The van der Waals surface area contributed by atoms with Crippen molar-refractivity contribution in [3.63, 3.8) is 0 Å². The van der Waals surface area contributed by atoms with Gasteiger partial charge in [0.05, 0.1) is 18.5 Å². The number of nitrogens with zero attached hydrogens (tertiary/aromatic N) is 3. The van der Waals surface area contributed by atoms with E-state index < -0.39 is 5.91 Å². The molecular weight excluding hydrogens is 234 g/mol. The maximum atomic E-state index is 11.7. The zero-order valence-corrected chi connectivity index (χ0v) is 10.1. The molecule has 1 amide bonds. The van der Waals surface area contributed by atoms with Crippen LogP contribution in [0.3, 0.4) is 0 Å². The molecule has 0 spiro atoms. The minimum atomic E-state index is -0.411. The fourth-order valence-electron chi connectivity index (χ4n) is 1.84. The van der Waals surface area contributed by atoms with Gasteiger partial charge in [0.15, 0.2) is 0 Å². The van der Waals surface area contributed by atoms with Gasteiger partial charge in [-0.2, -0.15) is 10.2 Å². The van der Waals surface area contributed by atoms with Crippen LogP contribution in [0.15, 0.2) is 4.52 Å². The average Bonchev–Trinajstić information content (AvgIpc) is 3.00. The summed E-state index contributed by atoms with van der Waals surface area (Å²) in [7, 11) is 0. The van der Waals surface area contributed by atoms with E-state index in [1.807, 2.05) is 6.07 Å². The van der Waals surface area contributed by atoms with Gasteiger partial charge in [0.2, 0.25) is 5.89 Å². The van der Waals surface area contributed by atoms with E-state index in [0.29, 0.717) is 5.89 Å². The predicted octanol–water partition coefficient (Wildman–Crippen LogP) is 0.526. The Kier molecular flexibility index (Phi) is 3.89. The lowest BCUT2D eigenvalue weighted by molar-refractivity contribution is 0.0927. The molecule has 2 N–H and O–H groups in total. The third-order valence-corrected chi connectivity index (χ3v) is 2.78. The molecule has 1 aliphatic rings. The molecule has 0 saturated carbocycles. The first-order valence-corrected chi connectivity index (χ1v) is 5.95. The summed E-state index contributed by atoms with van der Waals surface area (Å²) in [6.07, 6.45) is 2.25. The summed E-state index contributed by atoms with van der Waals surface area (Å²) in [5.41, 5.74) is 0. The molecule has 1 aliphatic heterocycles. The van der Waals surface area contributed by atoms with Crippen LogP contribution in [0, 0.1) is 11.3 Å². The Balaban J connectivity index is 1.96. The van der Waals surface area contributed by atoms with Crippen molar-refractivity contribution in [3.8, 4) is 6.07 Å². The molecule has 2 unspecified atom stereocenters. The van der Waals surface area contributed by atoms with Crippen molar-refractivity contribution in [2.45, 2.75) is 38.3 Å². The van der Waals surface area contributed by atoms with E-state index >= 15 is 0 Å². The molecule has 96 valence electrons. The molecule has 7 nitrogen and oxygen atoms in total. The molecular formula is C11H15N5O2. The van der Waals surface area contributed by atoms with Gasteiger partial charge in [0, 0.05) is 6.04 Å². The zero-order valence-electron chi connectivity index (χ0n) is 10.1. The van der Waals surface area contributed by atoms with Gasteiger partial charge in [-0.3, -0.25) is 4.79 Å². The summed E-state index contributed by atoms with van der Waals surface area (Å²) >= 11 is 0. The van der Waals surface area contributed by atoms with Crippen LogP contribution in [-0.2, 0) is 0 Å². The first kappa shape index (κ1) is 12.5. The van der Waals surface area contributed by atoms with Crippen molar-refractivity contribution in [2.24, 2.45) is 0 Å². The highest BCUT2D eigenvalue weighted by molar-refractivity contribution is 5.90. The number of hydrogen-bond acceptors (Lipinski definition) is 6. The first-order valence-electron chi connectivity index (χ1n) is 5.95. The summed E-state index contributed by atoms with van der Waals surface area (Å²) < 4.78 is 5.06. The Morgan fingerprint density at radius 2 is 2.61 bits per heavy atom. The smallest absolute Gasteiger partial charge is 0.292 e. The Morgan fingerprint density at radius 1 is 1.78 bits per heavy atom. The minimum absolute atomic E-state index is 0.0171. The zero-order chi connectivity index (χ0) is 13.0.